The highest BCUT2D eigenvalue weighted by atomic mass is 16.5. The standard InChI is InChI=1S/C16H32N2O2/c1-6-7-8-9-10-14(17-16(2,3)4)15(19)18-11-13(12-18)20-5/h13-14,17H,6-12H2,1-5H3. The number of methoxy groups -OCH3 is 1. The summed E-state index contributed by atoms with van der Waals surface area (Å²) in [5.74, 6) is 0.240. The lowest BCUT2D eigenvalue weighted by atomic mass is 10.00. The van der Waals surface area contributed by atoms with Crippen LogP contribution in [0.5, 0.6) is 0 Å². The van der Waals surface area contributed by atoms with Gasteiger partial charge < -0.3 is 15.0 Å². The molecule has 0 saturated carbocycles. The summed E-state index contributed by atoms with van der Waals surface area (Å²) in [5.41, 5.74) is -0.0311. The van der Waals surface area contributed by atoms with E-state index >= 15 is 0 Å². The number of carbonyl (C=O) groups is 1. The predicted molar refractivity (Wildman–Crippen MR) is 82.8 cm³/mol. The highest BCUT2D eigenvalue weighted by Gasteiger charge is 2.35. The molecule has 0 aromatic heterocycles. The van der Waals surface area contributed by atoms with Crippen molar-refractivity contribution in [1.29, 1.82) is 0 Å². The third-order valence-electron chi connectivity index (χ3n) is 3.74. The highest BCUT2D eigenvalue weighted by molar-refractivity contribution is 5.82. The first-order valence-electron chi connectivity index (χ1n) is 7.96. The molecule has 118 valence electrons. The van der Waals surface area contributed by atoms with Gasteiger partial charge in [-0.25, -0.2) is 0 Å². The first-order valence-corrected chi connectivity index (χ1v) is 7.96. The Balaban J connectivity index is 2.46. The Hall–Kier alpha value is -0.610. The van der Waals surface area contributed by atoms with Crippen molar-refractivity contribution in [3.63, 3.8) is 0 Å². The summed E-state index contributed by atoms with van der Waals surface area (Å²) in [6.45, 7) is 10.0. The van der Waals surface area contributed by atoms with Crippen molar-refractivity contribution in [1.82, 2.24) is 10.2 Å². The number of nitrogens with zero attached hydrogens (tertiary/aromatic N) is 1. The zero-order valence-corrected chi connectivity index (χ0v) is 13.9. The fourth-order valence-electron chi connectivity index (χ4n) is 2.54. The molecule has 0 aliphatic carbocycles. The molecule has 0 bridgehead atoms. The first-order chi connectivity index (χ1) is 9.37. The molecule has 0 spiro atoms. The average molecular weight is 284 g/mol. The summed E-state index contributed by atoms with van der Waals surface area (Å²) in [4.78, 5) is 14.5. The molecule has 20 heavy (non-hydrogen) atoms. The number of nitrogens with one attached hydrogen (secondary N) is 1. The van der Waals surface area contributed by atoms with Gasteiger partial charge in [-0.3, -0.25) is 4.79 Å². The van der Waals surface area contributed by atoms with Crippen LogP contribution in [-0.2, 0) is 9.53 Å². The molecule has 1 aliphatic heterocycles. The van der Waals surface area contributed by atoms with E-state index in [2.05, 4.69) is 33.0 Å². The smallest absolute Gasteiger partial charge is 0.239 e. The lowest BCUT2D eigenvalue weighted by Crippen LogP contribution is -2.61. The second kappa shape index (κ2) is 7.99. The lowest BCUT2D eigenvalue weighted by molar-refractivity contribution is -0.146. The van der Waals surface area contributed by atoms with Gasteiger partial charge in [0.15, 0.2) is 0 Å². The van der Waals surface area contributed by atoms with Crippen LogP contribution in [0, 0.1) is 0 Å². The maximum absolute atomic E-state index is 12.5. The van der Waals surface area contributed by atoms with Crippen LogP contribution < -0.4 is 5.32 Å². The SMILES string of the molecule is CCCCCCC(NC(C)(C)C)C(=O)N1CC(OC)C1. The van der Waals surface area contributed by atoms with Gasteiger partial charge in [0, 0.05) is 25.7 Å². The molecule has 1 rings (SSSR count). The van der Waals surface area contributed by atoms with Crippen molar-refractivity contribution in [2.45, 2.75) is 77.5 Å². The van der Waals surface area contributed by atoms with Crippen molar-refractivity contribution in [2.75, 3.05) is 20.2 Å². The zero-order valence-electron chi connectivity index (χ0n) is 13.9. The summed E-state index contributed by atoms with van der Waals surface area (Å²) in [7, 11) is 1.71. The predicted octanol–water partition coefficient (Wildman–Crippen LogP) is 2.57. The first kappa shape index (κ1) is 17.4. The summed E-state index contributed by atoms with van der Waals surface area (Å²) in [6.07, 6.45) is 5.99. The van der Waals surface area contributed by atoms with Crippen LogP contribution in [0.3, 0.4) is 0 Å². The van der Waals surface area contributed by atoms with Gasteiger partial charge >= 0.3 is 0 Å². The summed E-state index contributed by atoms with van der Waals surface area (Å²) < 4.78 is 5.25. The Bertz CT molecular complexity index is 293. The zero-order chi connectivity index (χ0) is 15.2. The van der Waals surface area contributed by atoms with Crippen molar-refractivity contribution in [3.05, 3.63) is 0 Å². The van der Waals surface area contributed by atoms with Crippen molar-refractivity contribution in [3.8, 4) is 0 Å². The topological polar surface area (TPSA) is 41.6 Å². The van der Waals surface area contributed by atoms with Gasteiger partial charge in [0.1, 0.15) is 0 Å². The van der Waals surface area contributed by atoms with Gasteiger partial charge in [0.25, 0.3) is 0 Å². The number of hydrogen-bond donors (Lipinski definition) is 1. The van der Waals surface area contributed by atoms with Crippen LogP contribution in [0.4, 0.5) is 0 Å². The van der Waals surface area contributed by atoms with E-state index in [0.717, 1.165) is 25.9 Å². The summed E-state index contributed by atoms with van der Waals surface area (Å²) in [6, 6.07) is -0.0512. The highest BCUT2D eigenvalue weighted by Crippen LogP contribution is 2.17. The molecule has 0 aromatic carbocycles. The second-order valence-corrected chi connectivity index (χ2v) is 6.90. The van der Waals surface area contributed by atoms with Crippen LogP contribution >= 0.6 is 0 Å². The molecular formula is C16H32N2O2. The van der Waals surface area contributed by atoms with E-state index < -0.39 is 0 Å². The molecule has 1 aliphatic rings. The Morgan fingerprint density at radius 1 is 1.30 bits per heavy atom. The fraction of sp³-hybridized carbons (Fsp3) is 0.938. The van der Waals surface area contributed by atoms with E-state index in [4.69, 9.17) is 4.74 Å². The van der Waals surface area contributed by atoms with Crippen molar-refractivity contribution < 1.29 is 9.53 Å². The molecule has 4 nitrogen and oxygen atoms in total. The number of ether oxygens (including phenoxy) is 1. The molecule has 1 saturated heterocycles. The van der Waals surface area contributed by atoms with E-state index in [-0.39, 0.29) is 23.6 Å². The van der Waals surface area contributed by atoms with Gasteiger partial charge in [-0.2, -0.15) is 0 Å². The van der Waals surface area contributed by atoms with Gasteiger partial charge in [-0.1, -0.05) is 32.6 Å². The molecule has 1 fully saturated rings. The molecular weight excluding hydrogens is 252 g/mol. The third kappa shape index (κ3) is 5.80. The van der Waals surface area contributed by atoms with Crippen LogP contribution in [-0.4, -0.2) is 48.7 Å². The number of rotatable bonds is 8. The van der Waals surface area contributed by atoms with Gasteiger partial charge in [-0.15, -0.1) is 0 Å². The lowest BCUT2D eigenvalue weighted by Gasteiger charge is -2.41. The Labute approximate surface area is 124 Å². The largest absolute Gasteiger partial charge is 0.378 e. The minimum atomic E-state index is -0.0512. The van der Waals surface area contributed by atoms with Crippen LogP contribution in [0.2, 0.25) is 0 Å². The van der Waals surface area contributed by atoms with Gasteiger partial charge in [-0.05, 0) is 27.2 Å². The maximum Gasteiger partial charge on any atom is 0.239 e. The number of hydrogen-bond acceptors (Lipinski definition) is 3. The van der Waals surface area contributed by atoms with Crippen LogP contribution in [0.25, 0.3) is 0 Å². The van der Waals surface area contributed by atoms with E-state index in [1.807, 2.05) is 4.90 Å². The molecule has 1 unspecified atom stereocenters. The fourth-order valence-corrected chi connectivity index (χ4v) is 2.54. The number of amides is 1. The quantitative estimate of drug-likeness (QED) is 0.697. The van der Waals surface area contributed by atoms with E-state index in [0.29, 0.717) is 0 Å². The van der Waals surface area contributed by atoms with Crippen LogP contribution in [0.15, 0.2) is 0 Å². The Kier molecular flexibility index (Phi) is 6.96. The summed E-state index contributed by atoms with van der Waals surface area (Å²) >= 11 is 0. The average Bonchev–Trinajstić information content (AvgIpc) is 2.30. The number of carbonyl (C=O) groups excluding carboxylic acids is 1. The monoisotopic (exact) mass is 284 g/mol. The van der Waals surface area contributed by atoms with Crippen LogP contribution in [0.1, 0.15) is 59.8 Å². The normalized spacial score (nSPS) is 17.9. The number of unbranched alkanes of at least 4 members (excludes halogenated alkanes) is 3. The van der Waals surface area contributed by atoms with Gasteiger partial charge in [0.05, 0.1) is 12.1 Å². The minimum Gasteiger partial charge on any atom is -0.378 e. The summed E-state index contributed by atoms with van der Waals surface area (Å²) in [5, 5.41) is 3.48. The van der Waals surface area contributed by atoms with E-state index in [1.165, 1.54) is 19.3 Å². The molecule has 4 heteroatoms. The third-order valence-corrected chi connectivity index (χ3v) is 3.74. The van der Waals surface area contributed by atoms with Gasteiger partial charge in [0.2, 0.25) is 5.91 Å². The van der Waals surface area contributed by atoms with Crippen molar-refractivity contribution in [2.24, 2.45) is 0 Å². The molecule has 1 heterocycles. The second-order valence-electron chi connectivity index (χ2n) is 6.90. The molecule has 0 aromatic rings. The molecule has 1 N–H and O–H groups in total. The maximum atomic E-state index is 12.5. The van der Waals surface area contributed by atoms with Crippen molar-refractivity contribution >= 4 is 5.91 Å². The molecule has 1 amide bonds. The minimum absolute atomic E-state index is 0.0311. The van der Waals surface area contributed by atoms with E-state index in [9.17, 15) is 4.79 Å². The Morgan fingerprint density at radius 2 is 1.95 bits per heavy atom. The Morgan fingerprint density at radius 3 is 2.45 bits per heavy atom. The number of likely N-dealkylation sites (tertiary alicyclic amines) is 1. The molecule has 0 radical (unpaired) electrons. The molecule has 1 atom stereocenters. The van der Waals surface area contributed by atoms with E-state index in [1.54, 1.807) is 7.11 Å².